The molecule has 1 rings (SSSR count). The Morgan fingerprint density at radius 2 is 2.10 bits per heavy atom. The standard InChI is InChI=1S/C15H19FN2O3/c1-15(2,3)21-14(19)18-7-5-6-10-8-11(16)13(20-4)9-12(10)17/h8-9H,7,17H2,1-4H3,(H,18,19). The van der Waals surface area contributed by atoms with E-state index in [-0.39, 0.29) is 12.3 Å². The molecule has 0 saturated heterocycles. The lowest BCUT2D eigenvalue weighted by Crippen LogP contribution is -2.32. The van der Waals surface area contributed by atoms with Crippen LogP contribution >= 0.6 is 0 Å². The number of methoxy groups -OCH3 is 1. The van der Waals surface area contributed by atoms with Gasteiger partial charge in [-0.1, -0.05) is 11.8 Å². The number of anilines is 1. The van der Waals surface area contributed by atoms with Crippen LogP contribution in [-0.2, 0) is 4.74 Å². The lowest BCUT2D eigenvalue weighted by atomic mass is 10.1. The molecule has 0 aromatic heterocycles. The van der Waals surface area contributed by atoms with Crippen molar-refractivity contribution >= 4 is 11.8 Å². The van der Waals surface area contributed by atoms with Gasteiger partial charge in [-0.05, 0) is 26.8 Å². The van der Waals surface area contributed by atoms with Crippen molar-refractivity contribution in [2.45, 2.75) is 26.4 Å². The quantitative estimate of drug-likeness (QED) is 0.648. The molecule has 1 amide bonds. The molecule has 3 N–H and O–H groups in total. The first-order valence-corrected chi connectivity index (χ1v) is 6.31. The minimum Gasteiger partial charge on any atom is -0.494 e. The molecule has 0 fully saturated rings. The fourth-order valence-electron chi connectivity index (χ4n) is 1.40. The molecule has 21 heavy (non-hydrogen) atoms. The van der Waals surface area contributed by atoms with Gasteiger partial charge in [0.25, 0.3) is 0 Å². The van der Waals surface area contributed by atoms with Crippen molar-refractivity contribution in [3.05, 3.63) is 23.5 Å². The first-order valence-electron chi connectivity index (χ1n) is 6.31. The number of carbonyl (C=O) groups excluding carboxylic acids is 1. The van der Waals surface area contributed by atoms with Crippen LogP contribution in [0.3, 0.4) is 0 Å². The Morgan fingerprint density at radius 3 is 2.67 bits per heavy atom. The zero-order valence-corrected chi connectivity index (χ0v) is 12.5. The van der Waals surface area contributed by atoms with E-state index in [1.807, 2.05) is 0 Å². The molecule has 5 nitrogen and oxygen atoms in total. The molecule has 0 aliphatic carbocycles. The molecule has 0 saturated carbocycles. The highest BCUT2D eigenvalue weighted by Gasteiger charge is 2.15. The summed E-state index contributed by atoms with van der Waals surface area (Å²) in [6, 6.07) is 2.55. The Balaban J connectivity index is 2.64. The third kappa shape index (κ3) is 5.61. The fraction of sp³-hybridized carbons (Fsp3) is 0.400. The summed E-state index contributed by atoms with van der Waals surface area (Å²) < 4.78 is 23.4. The number of nitrogens with one attached hydrogen (secondary N) is 1. The number of ether oxygens (including phenoxy) is 2. The molecule has 0 spiro atoms. The van der Waals surface area contributed by atoms with E-state index in [1.165, 1.54) is 19.2 Å². The Kier molecular flexibility index (Phi) is 5.42. The van der Waals surface area contributed by atoms with Crippen LogP contribution in [0.15, 0.2) is 12.1 Å². The zero-order valence-electron chi connectivity index (χ0n) is 12.5. The number of benzene rings is 1. The molecule has 1 aromatic carbocycles. The molecule has 0 aliphatic rings. The SMILES string of the molecule is COc1cc(N)c(C#CCNC(=O)OC(C)(C)C)cc1F. The van der Waals surface area contributed by atoms with Crippen LogP contribution in [-0.4, -0.2) is 25.3 Å². The molecule has 114 valence electrons. The van der Waals surface area contributed by atoms with E-state index >= 15 is 0 Å². The summed E-state index contributed by atoms with van der Waals surface area (Å²) in [5.74, 6) is 4.87. The van der Waals surface area contributed by atoms with Crippen molar-refractivity contribution in [2.24, 2.45) is 0 Å². The van der Waals surface area contributed by atoms with E-state index in [2.05, 4.69) is 17.2 Å². The number of nitrogens with two attached hydrogens (primary N) is 1. The Bertz CT molecular complexity index is 583. The van der Waals surface area contributed by atoms with E-state index < -0.39 is 17.5 Å². The zero-order chi connectivity index (χ0) is 16.0. The number of carbonyl (C=O) groups is 1. The van der Waals surface area contributed by atoms with E-state index in [0.717, 1.165) is 0 Å². The Labute approximate surface area is 123 Å². The highest BCUT2D eigenvalue weighted by molar-refractivity contribution is 5.68. The molecule has 0 unspecified atom stereocenters. The van der Waals surface area contributed by atoms with Gasteiger partial charge in [0.15, 0.2) is 11.6 Å². The van der Waals surface area contributed by atoms with Gasteiger partial charge in [0.1, 0.15) is 5.60 Å². The molecule has 0 bridgehead atoms. The summed E-state index contributed by atoms with van der Waals surface area (Å²) in [6.45, 7) is 5.36. The van der Waals surface area contributed by atoms with E-state index in [0.29, 0.717) is 11.3 Å². The molecule has 0 heterocycles. The normalized spacial score (nSPS) is 10.3. The number of rotatable bonds is 2. The van der Waals surface area contributed by atoms with Crippen molar-refractivity contribution in [1.29, 1.82) is 0 Å². The predicted octanol–water partition coefficient (Wildman–Crippen LogP) is 2.29. The van der Waals surface area contributed by atoms with Gasteiger partial charge in [0, 0.05) is 6.07 Å². The van der Waals surface area contributed by atoms with Crippen LogP contribution in [0.1, 0.15) is 26.3 Å². The first kappa shape index (κ1) is 16.6. The van der Waals surface area contributed by atoms with Crippen LogP contribution < -0.4 is 15.8 Å². The maximum absolute atomic E-state index is 13.5. The number of hydrogen-bond donors (Lipinski definition) is 2. The smallest absolute Gasteiger partial charge is 0.408 e. The van der Waals surface area contributed by atoms with E-state index in [1.54, 1.807) is 20.8 Å². The van der Waals surface area contributed by atoms with Crippen molar-refractivity contribution in [1.82, 2.24) is 5.32 Å². The summed E-state index contributed by atoms with van der Waals surface area (Å²) in [7, 11) is 1.36. The maximum Gasteiger partial charge on any atom is 0.408 e. The predicted molar refractivity (Wildman–Crippen MR) is 78.5 cm³/mol. The maximum atomic E-state index is 13.5. The van der Waals surface area contributed by atoms with Gasteiger partial charge in [-0.25, -0.2) is 9.18 Å². The van der Waals surface area contributed by atoms with Gasteiger partial charge in [-0.15, -0.1) is 0 Å². The second kappa shape index (κ2) is 6.84. The molecular weight excluding hydrogens is 275 g/mol. The Morgan fingerprint density at radius 1 is 1.43 bits per heavy atom. The van der Waals surface area contributed by atoms with E-state index in [9.17, 15) is 9.18 Å². The third-order valence-corrected chi connectivity index (χ3v) is 2.27. The summed E-state index contributed by atoms with van der Waals surface area (Å²) in [5, 5.41) is 2.47. The topological polar surface area (TPSA) is 73.6 Å². The minimum atomic E-state index is -0.568. The van der Waals surface area contributed by atoms with Gasteiger partial charge in [-0.3, -0.25) is 0 Å². The first-order chi connectivity index (χ1) is 9.73. The fourth-order valence-corrected chi connectivity index (χ4v) is 1.40. The average Bonchev–Trinajstić information content (AvgIpc) is 2.35. The average molecular weight is 294 g/mol. The number of hydrogen-bond acceptors (Lipinski definition) is 4. The number of halogens is 1. The van der Waals surface area contributed by atoms with Gasteiger partial charge in [0.2, 0.25) is 0 Å². The number of nitrogen functional groups attached to an aromatic ring is 1. The monoisotopic (exact) mass is 294 g/mol. The summed E-state index contributed by atoms with van der Waals surface area (Å²) in [4.78, 5) is 11.4. The molecule has 0 atom stereocenters. The second-order valence-electron chi connectivity index (χ2n) is 5.23. The summed E-state index contributed by atoms with van der Waals surface area (Å²) in [6.07, 6.45) is -0.564. The van der Waals surface area contributed by atoms with Crippen LogP contribution in [0.2, 0.25) is 0 Å². The molecule has 0 radical (unpaired) electrons. The highest BCUT2D eigenvalue weighted by atomic mass is 19.1. The van der Waals surface area contributed by atoms with Gasteiger partial charge in [-0.2, -0.15) is 0 Å². The minimum absolute atomic E-state index is 0.0601. The molecule has 0 aliphatic heterocycles. The van der Waals surface area contributed by atoms with Crippen LogP contribution in [0.25, 0.3) is 0 Å². The van der Waals surface area contributed by atoms with Crippen LogP contribution in [0.5, 0.6) is 5.75 Å². The van der Waals surface area contributed by atoms with E-state index in [4.69, 9.17) is 15.2 Å². The van der Waals surface area contributed by atoms with Crippen molar-refractivity contribution in [3.63, 3.8) is 0 Å². The third-order valence-electron chi connectivity index (χ3n) is 2.27. The van der Waals surface area contributed by atoms with Crippen molar-refractivity contribution in [3.8, 4) is 17.6 Å². The van der Waals surface area contributed by atoms with Crippen LogP contribution in [0.4, 0.5) is 14.9 Å². The van der Waals surface area contributed by atoms with Crippen molar-refractivity contribution < 1.29 is 18.7 Å². The number of alkyl carbamates (subject to hydrolysis) is 1. The largest absolute Gasteiger partial charge is 0.494 e. The second-order valence-corrected chi connectivity index (χ2v) is 5.23. The highest BCUT2D eigenvalue weighted by Crippen LogP contribution is 2.23. The molecule has 1 aromatic rings. The van der Waals surface area contributed by atoms with Gasteiger partial charge >= 0.3 is 6.09 Å². The Hall–Kier alpha value is -2.42. The summed E-state index contributed by atoms with van der Waals surface area (Å²) >= 11 is 0. The van der Waals surface area contributed by atoms with Crippen molar-refractivity contribution in [2.75, 3.05) is 19.4 Å². The van der Waals surface area contributed by atoms with Crippen LogP contribution in [0, 0.1) is 17.7 Å². The van der Waals surface area contributed by atoms with Gasteiger partial charge in [0.05, 0.1) is 24.9 Å². The molecular formula is C15H19FN2O3. The summed E-state index contributed by atoms with van der Waals surface area (Å²) in [5.41, 5.74) is 5.80. The lowest BCUT2D eigenvalue weighted by molar-refractivity contribution is 0.0535. The lowest BCUT2D eigenvalue weighted by Gasteiger charge is -2.19. The van der Waals surface area contributed by atoms with Gasteiger partial charge < -0.3 is 20.5 Å². The molecule has 6 heteroatoms. The number of amides is 1.